The van der Waals surface area contributed by atoms with Crippen LogP contribution in [0.2, 0.25) is 15.1 Å². The van der Waals surface area contributed by atoms with Crippen molar-refractivity contribution < 1.29 is 19.1 Å². The molecule has 2 amide bonds. The lowest BCUT2D eigenvalue weighted by atomic mass is 10.1. The fourth-order valence-electron chi connectivity index (χ4n) is 4.92. The SMILES string of the molecule is CCCCCCCCCCCCCC(=O)Nc1ccc(N(C(C)=O)c2cc(OC(C)=O)n(-c3c(Cl)cc(Cl)cc3Cl)n2)cc1. The summed E-state index contributed by atoms with van der Waals surface area (Å²) in [5.41, 5.74) is 1.35. The zero-order valence-electron chi connectivity index (χ0n) is 25.6. The highest BCUT2D eigenvalue weighted by Crippen LogP contribution is 2.37. The minimum absolute atomic E-state index is 0.0103. The topological polar surface area (TPSA) is 93.5 Å². The van der Waals surface area contributed by atoms with Gasteiger partial charge in [-0.3, -0.25) is 19.3 Å². The average molecular weight is 664 g/mol. The molecule has 0 bridgehead atoms. The van der Waals surface area contributed by atoms with Gasteiger partial charge in [0, 0.05) is 37.0 Å². The monoisotopic (exact) mass is 662 g/mol. The molecule has 0 atom stereocenters. The molecule has 1 heterocycles. The van der Waals surface area contributed by atoms with Crippen LogP contribution in [0.4, 0.5) is 17.2 Å². The molecule has 0 fully saturated rings. The van der Waals surface area contributed by atoms with Crippen molar-refractivity contribution in [2.45, 2.75) is 97.8 Å². The summed E-state index contributed by atoms with van der Waals surface area (Å²) < 4.78 is 6.60. The molecule has 238 valence electrons. The Hall–Kier alpha value is -3.07. The third kappa shape index (κ3) is 10.8. The number of carbonyl (C=O) groups is 3. The molecule has 8 nitrogen and oxygen atoms in total. The van der Waals surface area contributed by atoms with E-state index in [1.54, 1.807) is 24.3 Å². The smallest absolute Gasteiger partial charge is 0.309 e. The largest absolute Gasteiger partial charge is 0.407 e. The number of amides is 2. The number of hydrogen-bond acceptors (Lipinski definition) is 5. The standard InChI is InChI=1S/C33H41Cl3N4O4/c1-4-5-6-7-8-9-10-11-12-13-14-15-31(43)37-26-16-18-27(19-17-26)39(23(2)41)30-22-32(44-24(3)42)40(38-30)33-28(35)20-25(34)21-29(33)36/h16-22H,4-15H2,1-3H3,(H,37,43). The number of benzene rings is 2. The number of unbranched alkanes of at least 4 members (excludes halogenated alkanes) is 10. The number of aromatic nitrogens is 2. The van der Waals surface area contributed by atoms with E-state index in [4.69, 9.17) is 39.5 Å². The Balaban J connectivity index is 1.61. The summed E-state index contributed by atoms with van der Waals surface area (Å²) in [5.74, 6) is -0.800. The van der Waals surface area contributed by atoms with Gasteiger partial charge in [-0.05, 0) is 42.8 Å². The minimum atomic E-state index is -0.596. The number of halogens is 3. The van der Waals surface area contributed by atoms with E-state index in [0.717, 1.165) is 19.3 Å². The molecule has 0 saturated carbocycles. The van der Waals surface area contributed by atoms with Gasteiger partial charge in [0.1, 0.15) is 5.69 Å². The number of ether oxygens (including phenoxy) is 1. The van der Waals surface area contributed by atoms with Crippen molar-refractivity contribution in [2.75, 3.05) is 10.2 Å². The zero-order chi connectivity index (χ0) is 32.1. The maximum Gasteiger partial charge on any atom is 0.309 e. The van der Waals surface area contributed by atoms with E-state index < -0.39 is 5.97 Å². The Bertz CT molecular complexity index is 1390. The lowest BCUT2D eigenvalue weighted by Crippen LogP contribution is -2.23. The van der Waals surface area contributed by atoms with Crippen molar-refractivity contribution in [3.63, 3.8) is 0 Å². The van der Waals surface area contributed by atoms with Crippen molar-refractivity contribution in [1.29, 1.82) is 0 Å². The molecule has 0 saturated heterocycles. The molecule has 0 aliphatic heterocycles. The van der Waals surface area contributed by atoms with Gasteiger partial charge in [-0.2, -0.15) is 4.68 Å². The van der Waals surface area contributed by atoms with Crippen LogP contribution in [-0.2, 0) is 14.4 Å². The minimum Gasteiger partial charge on any atom is -0.407 e. The summed E-state index contributed by atoms with van der Waals surface area (Å²) >= 11 is 18.9. The molecule has 0 aliphatic carbocycles. The van der Waals surface area contributed by atoms with Crippen LogP contribution >= 0.6 is 34.8 Å². The summed E-state index contributed by atoms with van der Waals surface area (Å²) in [4.78, 5) is 38.5. The molecule has 2 aromatic carbocycles. The number of nitrogens with zero attached hydrogens (tertiary/aromatic N) is 3. The Labute approximate surface area is 275 Å². The lowest BCUT2D eigenvalue weighted by molar-refractivity contribution is -0.132. The second-order valence-corrected chi connectivity index (χ2v) is 12.1. The molecular formula is C33H41Cl3N4O4. The first kappa shape index (κ1) is 35.4. The van der Waals surface area contributed by atoms with Gasteiger partial charge in [0.15, 0.2) is 5.82 Å². The summed E-state index contributed by atoms with van der Waals surface area (Å²) in [5, 5.41) is 8.09. The van der Waals surface area contributed by atoms with Crippen LogP contribution in [0.3, 0.4) is 0 Å². The van der Waals surface area contributed by atoms with Gasteiger partial charge in [0.2, 0.25) is 17.7 Å². The quantitative estimate of drug-likeness (QED) is 0.115. The maximum atomic E-state index is 12.8. The Morgan fingerprint density at radius 1 is 0.818 bits per heavy atom. The normalized spacial score (nSPS) is 11.0. The third-order valence-corrected chi connectivity index (χ3v) is 7.86. The molecule has 3 aromatic rings. The molecule has 1 N–H and O–H groups in total. The summed E-state index contributed by atoms with van der Waals surface area (Å²) in [6.07, 6.45) is 14.0. The summed E-state index contributed by atoms with van der Waals surface area (Å²) in [6.45, 7) is 4.87. The number of nitrogens with one attached hydrogen (secondary N) is 1. The number of rotatable bonds is 17. The molecular weight excluding hydrogens is 623 g/mol. The zero-order valence-corrected chi connectivity index (χ0v) is 27.9. The van der Waals surface area contributed by atoms with E-state index in [1.165, 1.54) is 93.0 Å². The summed E-state index contributed by atoms with van der Waals surface area (Å²) in [7, 11) is 0. The van der Waals surface area contributed by atoms with Crippen molar-refractivity contribution in [3.05, 3.63) is 57.5 Å². The van der Waals surface area contributed by atoms with Crippen molar-refractivity contribution >= 4 is 69.8 Å². The van der Waals surface area contributed by atoms with E-state index in [-0.39, 0.29) is 39.2 Å². The molecule has 3 rings (SSSR count). The number of hydrogen-bond donors (Lipinski definition) is 1. The van der Waals surface area contributed by atoms with Gasteiger partial charge in [0.25, 0.3) is 0 Å². The van der Waals surface area contributed by atoms with E-state index in [0.29, 0.717) is 22.8 Å². The van der Waals surface area contributed by atoms with Crippen LogP contribution in [0, 0.1) is 0 Å². The summed E-state index contributed by atoms with van der Waals surface area (Å²) in [6, 6.07) is 11.2. The molecule has 44 heavy (non-hydrogen) atoms. The second-order valence-electron chi connectivity index (χ2n) is 10.8. The molecule has 0 spiro atoms. The van der Waals surface area contributed by atoms with Gasteiger partial charge in [-0.1, -0.05) is 106 Å². The van der Waals surface area contributed by atoms with Gasteiger partial charge in [-0.15, -0.1) is 5.10 Å². The predicted octanol–water partition coefficient (Wildman–Crippen LogP) is 10.1. The first-order chi connectivity index (χ1) is 21.1. The van der Waals surface area contributed by atoms with Gasteiger partial charge >= 0.3 is 5.97 Å². The molecule has 11 heteroatoms. The van der Waals surface area contributed by atoms with Crippen LogP contribution in [0.5, 0.6) is 5.88 Å². The Morgan fingerprint density at radius 3 is 1.89 bits per heavy atom. The van der Waals surface area contributed by atoms with Gasteiger partial charge in [-0.25, -0.2) is 0 Å². The van der Waals surface area contributed by atoms with Crippen LogP contribution in [0.15, 0.2) is 42.5 Å². The number of carbonyl (C=O) groups excluding carboxylic acids is 3. The number of anilines is 3. The maximum absolute atomic E-state index is 12.8. The van der Waals surface area contributed by atoms with Crippen molar-refractivity contribution in [1.82, 2.24) is 9.78 Å². The predicted molar refractivity (Wildman–Crippen MR) is 179 cm³/mol. The number of esters is 1. The molecule has 0 radical (unpaired) electrons. The van der Waals surface area contributed by atoms with Crippen LogP contribution in [0.1, 0.15) is 97.8 Å². The molecule has 0 unspecified atom stereocenters. The highest BCUT2D eigenvalue weighted by molar-refractivity contribution is 6.40. The van der Waals surface area contributed by atoms with Gasteiger partial charge < -0.3 is 10.1 Å². The Morgan fingerprint density at radius 2 is 1.36 bits per heavy atom. The average Bonchev–Trinajstić information content (AvgIpc) is 3.33. The van der Waals surface area contributed by atoms with Gasteiger partial charge in [0.05, 0.1) is 15.7 Å². The Kier molecular flexibility index (Phi) is 14.5. The molecule has 0 aliphatic rings. The van der Waals surface area contributed by atoms with E-state index >= 15 is 0 Å². The third-order valence-electron chi connectivity index (χ3n) is 7.07. The van der Waals surface area contributed by atoms with Crippen LogP contribution < -0.4 is 15.0 Å². The van der Waals surface area contributed by atoms with Crippen LogP contribution in [0.25, 0.3) is 5.69 Å². The van der Waals surface area contributed by atoms with Crippen molar-refractivity contribution in [2.24, 2.45) is 0 Å². The lowest BCUT2D eigenvalue weighted by Gasteiger charge is -2.19. The van der Waals surface area contributed by atoms with E-state index in [9.17, 15) is 14.4 Å². The first-order valence-electron chi connectivity index (χ1n) is 15.2. The van der Waals surface area contributed by atoms with Crippen LogP contribution in [-0.4, -0.2) is 27.6 Å². The fourth-order valence-corrected chi connectivity index (χ4v) is 5.90. The molecule has 1 aromatic heterocycles. The second kappa shape index (κ2) is 18.0. The first-order valence-corrected chi connectivity index (χ1v) is 16.4. The highest BCUT2D eigenvalue weighted by Gasteiger charge is 2.24. The van der Waals surface area contributed by atoms with E-state index in [1.807, 2.05) is 0 Å². The van der Waals surface area contributed by atoms with E-state index in [2.05, 4.69) is 17.3 Å². The highest BCUT2D eigenvalue weighted by atomic mass is 35.5. The van der Waals surface area contributed by atoms with Crippen molar-refractivity contribution in [3.8, 4) is 11.6 Å². The fraction of sp³-hybridized carbons (Fsp3) is 0.455.